The summed E-state index contributed by atoms with van der Waals surface area (Å²) >= 11 is 0. The van der Waals surface area contributed by atoms with Crippen molar-refractivity contribution in [2.24, 2.45) is 5.92 Å². The molecule has 0 aromatic heterocycles. The molecule has 0 aromatic carbocycles. The Kier molecular flexibility index (Phi) is 6.04. The van der Waals surface area contributed by atoms with Gasteiger partial charge in [0.2, 0.25) is 10.0 Å². The van der Waals surface area contributed by atoms with Crippen LogP contribution in [-0.4, -0.2) is 57.7 Å². The third-order valence-electron chi connectivity index (χ3n) is 3.19. The van der Waals surface area contributed by atoms with Gasteiger partial charge in [-0.1, -0.05) is 6.92 Å². The highest BCUT2D eigenvalue weighted by Crippen LogP contribution is 2.15. The van der Waals surface area contributed by atoms with Crippen molar-refractivity contribution in [2.45, 2.75) is 19.8 Å². The van der Waals surface area contributed by atoms with E-state index in [1.807, 2.05) is 0 Å². The average Bonchev–Trinajstić information content (AvgIpc) is 2.36. The maximum atomic E-state index is 12.0. The molecule has 1 aliphatic heterocycles. The molecule has 1 fully saturated rings. The molecule has 0 aliphatic carbocycles. The predicted molar refractivity (Wildman–Crippen MR) is 68.6 cm³/mol. The Labute approximate surface area is 109 Å². The van der Waals surface area contributed by atoms with Gasteiger partial charge in [-0.15, -0.1) is 0 Å². The van der Waals surface area contributed by atoms with Crippen molar-refractivity contribution in [3.63, 3.8) is 0 Å². The van der Waals surface area contributed by atoms with Crippen LogP contribution in [0.1, 0.15) is 19.8 Å². The summed E-state index contributed by atoms with van der Waals surface area (Å²) in [5.41, 5.74) is 0. The molecule has 1 heterocycles. The number of nitrogens with one attached hydrogen (secondary N) is 1. The molecular weight excluding hydrogens is 256 g/mol. The van der Waals surface area contributed by atoms with Crippen LogP contribution in [0, 0.1) is 5.92 Å². The summed E-state index contributed by atoms with van der Waals surface area (Å²) in [4.78, 5) is 11.1. The molecule has 0 atom stereocenters. The van der Waals surface area contributed by atoms with Gasteiger partial charge in [-0.25, -0.2) is 12.7 Å². The summed E-state index contributed by atoms with van der Waals surface area (Å²) in [5.74, 6) is -0.903. The molecule has 0 bridgehead atoms. The molecule has 1 aliphatic rings. The van der Waals surface area contributed by atoms with Gasteiger partial charge in [0.1, 0.15) is 0 Å². The first-order valence-corrected chi connectivity index (χ1v) is 7.86. The van der Waals surface area contributed by atoms with Crippen LogP contribution in [0.5, 0.6) is 0 Å². The lowest BCUT2D eigenvalue weighted by atomic mass is 9.98. The van der Waals surface area contributed by atoms with E-state index < -0.39 is 21.7 Å². The largest absolute Gasteiger partial charge is 0.468 e. The van der Waals surface area contributed by atoms with Crippen LogP contribution < -0.4 is 5.32 Å². The fraction of sp³-hybridized carbons (Fsp3) is 0.909. The number of nitrogens with zero attached hydrogens (tertiary/aromatic N) is 1. The van der Waals surface area contributed by atoms with Gasteiger partial charge in [0.05, 0.1) is 7.11 Å². The second-order valence-corrected chi connectivity index (χ2v) is 6.45. The van der Waals surface area contributed by atoms with Crippen molar-refractivity contribution in [1.82, 2.24) is 9.62 Å². The minimum absolute atomic E-state index is 0.374. The number of sulfonamides is 1. The Hall–Kier alpha value is -0.660. The highest BCUT2D eigenvalue weighted by atomic mass is 32.2. The van der Waals surface area contributed by atoms with Gasteiger partial charge in [0.25, 0.3) is 0 Å². The Morgan fingerprint density at radius 3 is 2.50 bits per heavy atom. The van der Waals surface area contributed by atoms with Crippen LogP contribution in [-0.2, 0) is 19.6 Å². The number of carbonyl (C=O) groups is 1. The van der Waals surface area contributed by atoms with E-state index >= 15 is 0 Å². The van der Waals surface area contributed by atoms with E-state index in [1.54, 1.807) is 6.92 Å². The number of esters is 1. The van der Waals surface area contributed by atoms with E-state index in [9.17, 15) is 13.2 Å². The number of piperidine rings is 1. The van der Waals surface area contributed by atoms with Gasteiger partial charge in [-0.05, 0) is 31.8 Å². The van der Waals surface area contributed by atoms with E-state index in [-0.39, 0.29) is 0 Å². The number of ether oxygens (including phenoxy) is 1. The van der Waals surface area contributed by atoms with Crippen LogP contribution in [0.3, 0.4) is 0 Å². The summed E-state index contributed by atoms with van der Waals surface area (Å²) in [6.07, 6.45) is 1.95. The Balaban J connectivity index is 2.60. The Morgan fingerprint density at radius 1 is 1.39 bits per heavy atom. The number of carbonyl (C=O) groups excluding carboxylic acids is 1. The molecule has 0 unspecified atom stereocenters. The Bertz CT molecular complexity index is 363. The number of hydrogen-bond acceptors (Lipinski definition) is 5. The molecule has 1 rings (SSSR count). The monoisotopic (exact) mass is 278 g/mol. The van der Waals surface area contributed by atoms with E-state index in [0.717, 1.165) is 25.9 Å². The lowest BCUT2D eigenvalue weighted by molar-refractivity contribution is -0.137. The first-order chi connectivity index (χ1) is 8.49. The maximum absolute atomic E-state index is 12.0. The predicted octanol–water partition coefficient (Wildman–Crippen LogP) is -0.189. The van der Waals surface area contributed by atoms with Crippen molar-refractivity contribution >= 4 is 16.0 Å². The highest BCUT2D eigenvalue weighted by Gasteiger charge is 2.27. The zero-order chi connectivity index (χ0) is 13.6. The summed E-state index contributed by atoms with van der Waals surface area (Å²) in [5, 5.41) is 3.24. The quantitative estimate of drug-likeness (QED) is 0.682. The standard InChI is InChI=1S/C11H22N2O4S/c1-3-13(8-10-4-6-12-7-5-10)18(15,16)9-11(14)17-2/h10,12H,3-9H2,1-2H3. The third kappa shape index (κ3) is 4.55. The van der Waals surface area contributed by atoms with Crippen molar-refractivity contribution < 1.29 is 17.9 Å². The van der Waals surface area contributed by atoms with Crippen molar-refractivity contribution in [3.8, 4) is 0 Å². The molecule has 0 radical (unpaired) electrons. The second-order valence-electron chi connectivity index (χ2n) is 4.48. The molecule has 1 N–H and O–H groups in total. The maximum Gasteiger partial charge on any atom is 0.322 e. The van der Waals surface area contributed by atoms with Crippen LogP contribution >= 0.6 is 0 Å². The zero-order valence-corrected chi connectivity index (χ0v) is 11.8. The van der Waals surface area contributed by atoms with Crippen molar-refractivity contribution in [2.75, 3.05) is 39.0 Å². The van der Waals surface area contributed by atoms with Gasteiger partial charge >= 0.3 is 5.97 Å². The summed E-state index contributed by atoms with van der Waals surface area (Å²) in [7, 11) is -2.35. The molecule has 0 spiro atoms. The fourth-order valence-electron chi connectivity index (χ4n) is 2.09. The van der Waals surface area contributed by atoms with E-state index in [0.29, 0.717) is 19.0 Å². The van der Waals surface area contributed by atoms with Crippen LogP contribution in [0.2, 0.25) is 0 Å². The van der Waals surface area contributed by atoms with Gasteiger partial charge in [0.15, 0.2) is 5.75 Å². The molecule has 7 heteroatoms. The first kappa shape index (κ1) is 15.4. The summed E-state index contributed by atoms with van der Waals surface area (Å²) in [6.45, 7) is 4.54. The third-order valence-corrected chi connectivity index (χ3v) is 4.99. The normalized spacial score (nSPS) is 17.9. The van der Waals surface area contributed by atoms with Crippen LogP contribution in [0.15, 0.2) is 0 Å². The summed E-state index contributed by atoms with van der Waals surface area (Å²) < 4.78 is 29.8. The minimum Gasteiger partial charge on any atom is -0.468 e. The van der Waals surface area contributed by atoms with Gasteiger partial charge in [-0.2, -0.15) is 0 Å². The lowest BCUT2D eigenvalue weighted by Crippen LogP contribution is -2.41. The van der Waals surface area contributed by atoms with Crippen LogP contribution in [0.4, 0.5) is 0 Å². The zero-order valence-electron chi connectivity index (χ0n) is 11.0. The number of rotatable bonds is 6. The van der Waals surface area contributed by atoms with E-state index in [1.165, 1.54) is 11.4 Å². The van der Waals surface area contributed by atoms with Gasteiger partial charge < -0.3 is 10.1 Å². The van der Waals surface area contributed by atoms with Gasteiger partial charge in [0, 0.05) is 13.1 Å². The fourth-order valence-corrected chi connectivity index (χ4v) is 3.52. The SMILES string of the molecule is CCN(CC1CCNCC1)S(=O)(=O)CC(=O)OC. The van der Waals surface area contributed by atoms with Crippen LogP contribution in [0.25, 0.3) is 0 Å². The van der Waals surface area contributed by atoms with Crippen molar-refractivity contribution in [3.05, 3.63) is 0 Å². The molecule has 0 aromatic rings. The molecule has 0 amide bonds. The minimum atomic E-state index is -3.54. The molecule has 0 saturated carbocycles. The number of hydrogen-bond donors (Lipinski definition) is 1. The molecule has 1 saturated heterocycles. The van der Waals surface area contributed by atoms with E-state index in [2.05, 4.69) is 10.1 Å². The smallest absolute Gasteiger partial charge is 0.322 e. The average molecular weight is 278 g/mol. The summed E-state index contributed by atoms with van der Waals surface area (Å²) in [6, 6.07) is 0. The molecule has 106 valence electrons. The lowest BCUT2D eigenvalue weighted by Gasteiger charge is -2.28. The first-order valence-electron chi connectivity index (χ1n) is 6.25. The van der Waals surface area contributed by atoms with Gasteiger partial charge in [-0.3, -0.25) is 4.79 Å². The molecule has 18 heavy (non-hydrogen) atoms. The molecule has 6 nitrogen and oxygen atoms in total. The van der Waals surface area contributed by atoms with Crippen molar-refractivity contribution in [1.29, 1.82) is 0 Å². The second kappa shape index (κ2) is 7.06. The Morgan fingerprint density at radius 2 is 2.00 bits per heavy atom. The molecular formula is C11H22N2O4S. The highest BCUT2D eigenvalue weighted by molar-refractivity contribution is 7.89. The topological polar surface area (TPSA) is 75.7 Å². The number of methoxy groups -OCH3 is 1. The van der Waals surface area contributed by atoms with E-state index in [4.69, 9.17) is 0 Å².